The normalized spacial score (nSPS) is 14.5. The van der Waals surface area contributed by atoms with Crippen molar-refractivity contribution in [3.05, 3.63) is 48.6 Å². The van der Waals surface area contributed by atoms with Gasteiger partial charge in [-0.15, -0.1) is 0 Å². The Kier molecular flexibility index (Phi) is 51.0. The molecule has 76 heavy (non-hydrogen) atoms. The van der Waals surface area contributed by atoms with Crippen LogP contribution in [0.3, 0.4) is 0 Å². The first kappa shape index (κ1) is 70.6. The number of nitrogens with one attached hydrogen (secondary N) is 1. The van der Waals surface area contributed by atoms with Crippen LogP contribution in [-0.4, -0.2) is 80.5 Å². The number of likely N-dealkylation sites (N-methyl/N-ethyl adjacent to an activating group) is 1. The molecule has 1 aliphatic rings. The summed E-state index contributed by atoms with van der Waals surface area (Å²) in [5, 5.41) is 2.97. The molecule has 1 saturated heterocycles. The molecule has 1 amide bonds. The summed E-state index contributed by atoms with van der Waals surface area (Å²) in [4.78, 5) is 54.5. The second-order valence-electron chi connectivity index (χ2n) is 22.0. The molecule has 2 unspecified atom stereocenters. The molecule has 10 heteroatoms. The zero-order chi connectivity index (χ0) is 55.0. The van der Waals surface area contributed by atoms with E-state index in [2.05, 4.69) is 86.6 Å². The standard InChI is InChI=1S/C66H118N2O8/c1-5-8-11-14-17-20-23-26-29-32-35-38-41-44-47-52-63(69)73-58-62(59-74-64(70)53-48-45-42-39-36-33-30-27-24-21-18-15-12-9-6-2)75-65(71)55-54-61(76-66(72)67-57-60-50-49-56-68(60)4)51-46-43-40-37-34-31-28-25-22-19-16-13-10-7-3/h17-18,20-21,26-27,29-30,60-62H,5-16,19,22-25,28,31-59H2,1-4H3,(H,67,72)/b20-17-,21-18-,29-26-,30-27-. The fourth-order valence-electron chi connectivity index (χ4n) is 9.78. The zero-order valence-corrected chi connectivity index (χ0v) is 49.8. The van der Waals surface area contributed by atoms with Crippen LogP contribution in [0.25, 0.3) is 0 Å². The molecule has 10 nitrogen and oxygen atoms in total. The second kappa shape index (κ2) is 54.9. The molecule has 1 fully saturated rings. The van der Waals surface area contributed by atoms with Gasteiger partial charge in [0.1, 0.15) is 19.3 Å². The van der Waals surface area contributed by atoms with Crippen LogP contribution in [-0.2, 0) is 33.3 Å². The van der Waals surface area contributed by atoms with E-state index in [9.17, 15) is 19.2 Å². The third kappa shape index (κ3) is 47.8. The molecule has 0 spiro atoms. The number of unbranched alkanes of at least 4 members (excludes halogenated alkanes) is 29. The van der Waals surface area contributed by atoms with Crippen LogP contribution in [0.5, 0.6) is 0 Å². The van der Waals surface area contributed by atoms with Crippen molar-refractivity contribution in [2.24, 2.45) is 0 Å². The lowest BCUT2D eigenvalue weighted by Crippen LogP contribution is -2.39. The van der Waals surface area contributed by atoms with Crippen LogP contribution < -0.4 is 5.32 Å². The largest absolute Gasteiger partial charge is 0.462 e. The van der Waals surface area contributed by atoms with Gasteiger partial charge < -0.3 is 29.2 Å². The first-order valence-electron chi connectivity index (χ1n) is 32.0. The molecule has 0 bridgehead atoms. The molecule has 0 aromatic rings. The number of carbonyl (C=O) groups excluding carboxylic acids is 4. The maximum atomic E-state index is 13.4. The van der Waals surface area contributed by atoms with E-state index < -0.39 is 24.3 Å². The van der Waals surface area contributed by atoms with Crippen LogP contribution in [0.4, 0.5) is 4.79 Å². The number of alkyl carbamates (subject to hydrolysis) is 1. The minimum absolute atomic E-state index is 0.0260. The fraction of sp³-hybridized carbons (Fsp3) is 0.818. The van der Waals surface area contributed by atoms with Crippen molar-refractivity contribution < 1.29 is 38.1 Å². The Hall–Kier alpha value is -3.40. The highest BCUT2D eigenvalue weighted by Crippen LogP contribution is 2.19. The second-order valence-corrected chi connectivity index (χ2v) is 22.0. The van der Waals surface area contributed by atoms with E-state index in [1.54, 1.807) is 0 Å². The van der Waals surface area contributed by atoms with Crippen molar-refractivity contribution in [1.29, 1.82) is 0 Å². The van der Waals surface area contributed by atoms with Gasteiger partial charge in [-0.2, -0.15) is 0 Å². The molecular formula is C66H118N2O8. The van der Waals surface area contributed by atoms with Crippen LogP contribution in [0.15, 0.2) is 48.6 Å². The number of allylic oxidation sites excluding steroid dienone is 8. The summed E-state index contributed by atoms with van der Waals surface area (Å²) in [5.74, 6) is -1.19. The number of hydrogen-bond donors (Lipinski definition) is 1. The first-order chi connectivity index (χ1) is 37.3. The third-order valence-corrected chi connectivity index (χ3v) is 14.8. The number of amides is 1. The van der Waals surface area contributed by atoms with Crippen LogP contribution in [0.1, 0.15) is 297 Å². The van der Waals surface area contributed by atoms with Crippen molar-refractivity contribution in [3.8, 4) is 0 Å². The van der Waals surface area contributed by atoms with Crippen LogP contribution in [0, 0.1) is 0 Å². The highest BCUT2D eigenvalue weighted by Gasteiger charge is 2.24. The Morgan fingerprint density at radius 2 is 0.842 bits per heavy atom. The molecule has 440 valence electrons. The van der Waals surface area contributed by atoms with Gasteiger partial charge in [0, 0.05) is 31.8 Å². The number of likely N-dealkylation sites (tertiary alicyclic amines) is 1. The Labute approximate surface area is 467 Å². The van der Waals surface area contributed by atoms with Crippen molar-refractivity contribution in [1.82, 2.24) is 10.2 Å². The third-order valence-electron chi connectivity index (χ3n) is 14.8. The number of nitrogens with zero attached hydrogens (tertiary/aromatic N) is 1. The number of ether oxygens (including phenoxy) is 4. The lowest BCUT2D eigenvalue weighted by molar-refractivity contribution is -0.167. The van der Waals surface area contributed by atoms with Gasteiger partial charge in [0.05, 0.1) is 0 Å². The van der Waals surface area contributed by atoms with Gasteiger partial charge in [0.25, 0.3) is 0 Å². The average molecular weight is 1070 g/mol. The lowest BCUT2D eigenvalue weighted by atomic mass is 10.0. The number of esters is 3. The minimum atomic E-state index is -0.925. The van der Waals surface area contributed by atoms with Gasteiger partial charge in [-0.25, -0.2) is 4.79 Å². The Bertz CT molecular complexity index is 1410. The summed E-state index contributed by atoms with van der Waals surface area (Å²) >= 11 is 0. The SMILES string of the molecule is CCCCC/C=C\C/C=C\CCCCCCCC(=O)OCC(COC(=O)CCCCCCC/C=C\C/C=C\CCCCC)OC(=O)CCC(CCCCCCCCCCCCCCCC)OC(=O)NCC1CCCN1C. The van der Waals surface area contributed by atoms with Crippen molar-refractivity contribution >= 4 is 24.0 Å². The molecule has 0 aliphatic carbocycles. The van der Waals surface area contributed by atoms with E-state index >= 15 is 0 Å². The van der Waals surface area contributed by atoms with Gasteiger partial charge >= 0.3 is 24.0 Å². The van der Waals surface area contributed by atoms with Gasteiger partial charge in [0.15, 0.2) is 6.10 Å². The summed E-state index contributed by atoms with van der Waals surface area (Å²) in [5.41, 5.74) is 0. The highest BCUT2D eigenvalue weighted by molar-refractivity contribution is 5.71. The maximum Gasteiger partial charge on any atom is 0.407 e. The number of carbonyl (C=O) groups is 4. The van der Waals surface area contributed by atoms with Crippen molar-refractivity contribution in [2.45, 2.75) is 315 Å². The maximum absolute atomic E-state index is 13.4. The van der Waals surface area contributed by atoms with Crippen LogP contribution in [0.2, 0.25) is 0 Å². The van der Waals surface area contributed by atoms with E-state index in [0.717, 1.165) is 129 Å². The zero-order valence-electron chi connectivity index (χ0n) is 49.8. The molecule has 1 rings (SSSR count). The summed E-state index contributed by atoms with van der Waals surface area (Å²) < 4.78 is 23.1. The van der Waals surface area contributed by atoms with Gasteiger partial charge in [0.2, 0.25) is 0 Å². The Morgan fingerprint density at radius 1 is 0.447 bits per heavy atom. The molecular weight excluding hydrogens is 949 g/mol. The number of hydrogen-bond acceptors (Lipinski definition) is 9. The lowest BCUT2D eigenvalue weighted by Gasteiger charge is -2.22. The van der Waals surface area contributed by atoms with Gasteiger partial charge in [-0.1, -0.05) is 217 Å². The van der Waals surface area contributed by atoms with E-state index in [1.807, 2.05) is 0 Å². The molecule has 0 saturated carbocycles. The molecule has 1 aliphatic heterocycles. The Morgan fingerprint density at radius 3 is 1.28 bits per heavy atom. The Balaban J connectivity index is 2.65. The number of rotatable bonds is 54. The van der Waals surface area contributed by atoms with Gasteiger partial charge in [-0.05, 0) is 123 Å². The minimum Gasteiger partial charge on any atom is -0.462 e. The van der Waals surface area contributed by atoms with Gasteiger partial charge in [-0.3, -0.25) is 14.4 Å². The first-order valence-corrected chi connectivity index (χ1v) is 32.0. The summed E-state index contributed by atoms with van der Waals surface area (Å²) in [6.07, 6.45) is 62.0. The quantitative estimate of drug-likeness (QED) is 0.0275. The molecule has 0 aromatic heterocycles. The predicted octanol–water partition coefficient (Wildman–Crippen LogP) is 18.5. The van der Waals surface area contributed by atoms with Crippen LogP contribution >= 0.6 is 0 Å². The average Bonchev–Trinajstić information content (AvgIpc) is 3.84. The van der Waals surface area contributed by atoms with E-state index in [-0.39, 0.29) is 44.4 Å². The monoisotopic (exact) mass is 1070 g/mol. The highest BCUT2D eigenvalue weighted by atomic mass is 16.6. The van der Waals surface area contributed by atoms with Crippen molar-refractivity contribution in [2.75, 3.05) is 33.4 Å². The molecule has 1 N–H and O–H groups in total. The fourth-order valence-corrected chi connectivity index (χ4v) is 9.78. The predicted molar refractivity (Wildman–Crippen MR) is 319 cm³/mol. The summed E-state index contributed by atoms with van der Waals surface area (Å²) in [6, 6.07) is 0.299. The van der Waals surface area contributed by atoms with E-state index in [1.165, 1.54) is 122 Å². The van der Waals surface area contributed by atoms with Crippen molar-refractivity contribution in [3.63, 3.8) is 0 Å². The smallest absolute Gasteiger partial charge is 0.407 e. The van der Waals surface area contributed by atoms with E-state index in [0.29, 0.717) is 25.4 Å². The summed E-state index contributed by atoms with van der Waals surface area (Å²) in [6.45, 7) is 7.93. The molecule has 0 radical (unpaired) electrons. The molecule has 2 atom stereocenters. The molecule has 0 aromatic carbocycles. The summed E-state index contributed by atoms with van der Waals surface area (Å²) in [7, 11) is 2.08. The molecule has 1 heterocycles. The van der Waals surface area contributed by atoms with E-state index in [4.69, 9.17) is 18.9 Å². The topological polar surface area (TPSA) is 120 Å².